The SMILES string of the molecule is CC1CC(C)CC(C(C)(C)CCN)C1. The number of hydrogen-bond donors (Lipinski definition) is 1. The highest BCUT2D eigenvalue weighted by molar-refractivity contribution is 4.85. The van der Waals surface area contributed by atoms with Crippen molar-refractivity contribution in [3.05, 3.63) is 0 Å². The summed E-state index contributed by atoms with van der Waals surface area (Å²) in [4.78, 5) is 0. The van der Waals surface area contributed by atoms with E-state index in [0.29, 0.717) is 5.41 Å². The van der Waals surface area contributed by atoms with Crippen LogP contribution in [0.1, 0.15) is 53.4 Å². The molecular formula is C13H27N. The summed E-state index contributed by atoms with van der Waals surface area (Å²) in [5.74, 6) is 2.73. The Kier molecular flexibility index (Phi) is 4.00. The van der Waals surface area contributed by atoms with Gasteiger partial charge in [-0.1, -0.05) is 27.7 Å². The standard InChI is InChI=1S/C13H27N/c1-10-7-11(2)9-12(8-10)13(3,4)5-6-14/h10-12H,5-9,14H2,1-4H3. The van der Waals surface area contributed by atoms with Crippen molar-refractivity contribution in [3.63, 3.8) is 0 Å². The van der Waals surface area contributed by atoms with Crippen molar-refractivity contribution < 1.29 is 0 Å². The minimum absolute atomic E-state index is 0.456. The minimum Gasteiger partial charge on any atom is -0.330 e. The molecule has 0 bridgehead atoms. The fourth-order valence-corrected chi connectivity index (χ4v) is 3.16. The molecule has 1 rings (SSSR count). The van der Waals surface area contributed by atoms with Crippen LogP contribution in [0.25, 0.3) is 0 Å². The van der Waals surface area contributed by atoms with E-state index in [-0.39, 0.29) is 0 Å². The van der Waals surface area contributed by atoms with E-state index in [1.165, 1.54) is 25.7 Å². The van der Waals surface area contributed by atoms with Crippen LogP contribution in [0.3, 0.4) is 0 Å². The summed E-state index contributed by atoms with van der Waals surface area (Å²) in [6, 6.07) is 0. The van der Waals surface area contributed by atoms with Gasteiger partial charge in [0.2, 0.25) is 0 Å². The molecule has 0 amide bonds. The summed E-state index contributed by atoms with van der Waals surface area (Å²) in [5.41, 5.74) is 6.15. The Hall–Kier alpha value is -0.0400. The predicted molar refractivity (Wildman–Crippen MR) is 63.1 cm³/mol. The van der Waals surface area contributed by atoms with Crippen molar-refractivity contribution in [3.8, 4) is 0 Å². The lowest BCUT2D eigenvalue weighted by molar-refractivity contribution is 0.0949. The molecule has 2 atom stereocenters. The van der Waals surface area contributed by atoms with Crippen LogP contribution in [0.2, 0.25) is 0 Å². The molecule has 84 valence electrons. The molecule has 0 aliphatic heterocycles. The van der Waals surface area contributed by atoms with E-state index in [4.69, 9.17) is 5.73 Å². The third-order valence-electron chi connectivity index (χ3n) is 4.07. The van der Waals surface area contributed by atoms with Crippen molar-refractivity contribution in [2.75, 3.05) is 6.54 Å². The summed E-state index contributed by atoms with van der Waals surface area (Å²) in [6.07, 6.45) is 5.43. The highest BCUT2D eigenvalue weighted by Gasteiger charge is 2.34. The van der Waals surface area contributed by atoms with Crippen molar-refractivity contribution in [1.29, 1.82) is 0 Å². The summed E-state index contributed by atoms with van der Waals surface area (Å²) in [5, 5.41) is 0. The summed E-state index contributed by atoms with van der Waals surface area (Å²) in [7, 11) is 0. The Labute approximate surface area is 89.5 Å². The molecule has 0 saturated heterocycles. The van der Waals surface area contributed by atoms with Crippen molar-refractivity contribution in [2.45, 2.75) is 53.4 Å². The van der Waals surface area contributed by atoms with Crippen LogP contribution in [-0.4, -0.2) is 6.54 Å². The number of rotatable bonds is 3. The zero-order chi connectivity index (χ0) is 10.8. The molecule has 1 saturated carbocycles. The normalized spacial score (nSPS) is 34.5. The lowest BCUT2D eigenvalue weighted by Crippen LogP contribution is -2.33. The molecular weight excluding hydrogens is 170 g/mol. The molecule has 0 radical (unpaired) electrons. The average Bonchev–Trinajstić information content (AvgIpc) is 2.02. The molecule has 2 unspecified atom stereocenters. The molecule has 0 aromatic carbocycles. The van der Waals surface area contributed by atoms with E-state index in [1.54, 1.807) is 0 Å². The molecule has 1 aliphatic carbocycles. The van der Waals surface area contributed by atoms with E-state index in [9.17, 15) is 0 Å². The highest BCUT2D eigenvalue weighted by Crippen LogP contribution is 2.44. The van der Waals surface area contributed by atoms with Crippen LogP contribution >= 0.6 is 0 Å². The molecule has 1 heteroatoms. The van der Waals surface area contributed by atoms with Gasteiger partial charge in [0.15, 0.2) is 0 Å². The zero-order valence-corrected chi connectivity index (χ0v) is 10.3. The Balaban J connectivity index is 2.57. The second-order valence-electron chi connectivity index (χ2n) is 6.14. The quantitative estimate of drug-likeness (QED) is 0.737. The molecule has 0 heterocycles. The molecule has 1 fully saturated rings. The van der Waals surface area contributed by atoms with Gasteiger partial charge in [-0.05, 0) is 55.4 Å². The van der Waals surface area contributed by atoms with Crippen LogP contribution in [0.15, 0.2) is 0 Å². The molecule has 1 nitrogen and oxygen atoms in total. The molecule has 1 aliphatic rings. The lowest BCUT2D eigenvalue weighted by Gasteiger charge is -2.41. The van der Waals surface area contributed by atoms with Gasteiger partial charge in [0, 0.05) is 0 Å². The summed E-state index contributed by atoms with van der Waals surface area (Å²) in [6.45, 7) is 10.4. The first kappa shape index (κ1) is 12.0. The van der Waals surface area contributed by atoms with Crippen LogP contribution in [0.5, 0.6) is 0 Å². The topological polar surface area (TPSA) is 26.0 Å². The van der Waals surface area contributed by atoms with Crippen LogP contribution in [-0.2, 0) is 0 Å². The fraction of sp³-hybridized carbons (Fsp3) is 1.00. The monoisotopic (exact) mass is 197 g/mol. The number of hydrogen-bond acceptors (Lipinski definition) is 1. The smallest absolute Gasteiger partial charge is 0.00721 e. The summed E-state index contributed by atoms with van der Waals surface area (Å²) < 4.78 is 0. The second-order valence-corrected chi connectivity index (χ2v) is 6.14. The van der Waals surface area contributed by atoms with E-state index >= 15 is 0 Å². The maximum atomic E-state index is 5.69. The minimum atomic E-state index is 0.456. The second kappa shape index (κ2) is 4.65. The summed E-state index contributed by atoms with van der Waals surface area (Å²) >= 11 is 0. The molecule has 0 aromatic rings. The van der Waals surface area contributed by atoms with Gasteiger partial charge in [-0.3, -0.25) is 0 Å². The molecule has 2 N–H and O–H groups in total. The Morgan fingerprint density at radius 3 is 2.00 bits per heavy atom. The first-order valence-corrected chi connectivity index (χ1v) is 6.15. The van der Waals surface area contributed by atoms with Gasteiger partial charge in [0.05, 0.1) is 0 Å². The van der Waals surface area contributed by atoms with Crippen molar-refractivity contribution >= 4 is 0 Å². The molecule has 14 heavy (non-hydrogen) atoms. The fourth-order valence-electron chi connectivity index (χ4n) is 3.16. The largest absolute Gasteiger partial charge is 0.330 e. The van der Waals surface area contributed by atoms with E-state index in [1.807, 2.05) is 0 Å². The lowest BCUT2D eigenvalue weighted by atomic mass is 9.64. The Bertz CT molecular complexity index is 164. The molecule has 0 aromatic heterocycles. The van der Waals surface area contributed by atoms with Gasteiger partial charge in [-0.25, -0.2) is 0 Å². The van der Waals surface area contributed by atoms with Crippen LogP contribution < -0.4 is 5.73 Å². The average molecular weight is 197 g/mol. The molecule has 0 spiro atoms. The first-order valence-electron chi connectivity index (χ1n) is 6.15. The Morgan fingerprint density at radius 2 is 1.57 bits per heavy atom. The zero-order valence-electron chi connectivity index (χ0n) is 10.3. The maximum absolute atomic E-state index is 5.69. The van der Waals surface area contributed by atoms with Crippen LogP contribution in [0, 0.1) is 23.2 Å². The van der Waals surface area contributed by atoms with E-state index in [0.717, 1.165) is 24.3 Å². The third kappa shape index (κ3) is 2.98. The van der Waals surface area contributed by atoms with Crippen LogP contribution in [0.4, 0.5) is 0 Å². The first-order chi connectivity index (χ1) is 6.45. The Morgan fingerprint density at radius 1 is 1.07 bits per heavy atom. The van der Waals surface area contributed by atoms with Gasteiger partial charge in [0.25, 0.3) is 0 Å². The van der Waals surface area contributed by atoms with Gasteiger partial charge >= 0.3 is 0 Å². The van der Waals surface area contributed by atoms with E-state index < -0.39 is 0 Å². The third-order valence-corrected chi connectivity index (χ3v) is 4.07. The van der Waals surface area contributed by atoms with Gasteiger partial charge in [-0.2, -0.15) is 0 Å². The van der Waals surface area contributed by atoms with Gasteiger partial charge in [0.1, 0.15) is 0 Å². The van der Waals surface area contributed by atoms with Crippen molar-refractivity contribution in [1.82, 2.24) is 0 Å². The predicted octanol–water partition coefficient (Wildman–Crippen LogP) is 3.43. The highest BCUT2D eigenvalue weighted by atomic mass is 14.5. The van der Waals surface area contributed by atoms with Gasteiger partial charge in [-0.15, -0.1) is 0 Å². The van der Waals surface area contributed by atoms with E-state index in [2.05, 4.69) is 27.7 Å². The van der Waals surface area contributed by atoms with Gasteiger partial charge < -0.3 is 5.73 Å². The number of nitrogens with two attached hydrogens (primary N) is 1. The maximum Gasteiger partial charge on any atom is -0.00721 e. The van der Waals surface area contributed by atoms with Crippen molar-refractivity contribution in [2.24, 2.45) is 28.9 Å².